The Hall–Kier alpha value is -2.23. The van der Waals surface area contributed by atoms with Crippen molar-refractivity contribution in [1.29, 1.82) is 0 Å². The molecule has 1 aliphatic carbocycles. The number of benzene rings is 1. The molecular weight excluding hydrogens is 220 g/mol. The molecule has 0 bridgehead atoms. The third-order valence-electron chi connectivity index (χ3n) is 2.81. The lowest BCUT2D eigenvalue weighted by molar-refractivity contribution is -0.113. The Morgan fingerprint density at radius 2 is 1.82 bits per heavy atom. The number of fused-ring (bicyclic) bond motifs is 1. The van der Waals surface area contributed by atoms with Crippen LogP contribution in [0.4, 0.5) is 0 Å². The molecule has 0 aliphatic heterocycles. The van der Waals surface area contributed by atoms with Crippen molar-refractivity contribution in [3.8, 4) is 5.75 Å². The van der Waals surface area contributed by atoms with E-state index in [1.54, 1.807) is 0 Å². The highest BCUT2D eigenvalue weighted by molar-refractivity contribution is 6.36. The van der Waals surface area contributed by atoms with Crippen LogP contribution in [0.5, 0.6) is 5.75 Å². The first-order valence-electron chi connectivity index (χ1n) is 5.08. The van der Waals surface area contributed by atoms with Crippen molar-refractivity contribution >= 4 is 17.3 Å². The van der Waals surface area contributed by atoms with Gasteiger partial charge in [-0.2, -0.15) is 0 Å². The summed E-state index contributed by atoms with van der Waals surface area (Å²) < 4.78 is 0. The van der Waals surface area contributed by atoms with E-state index in [0.29, 0.717) is 0 Å². The molecule has 17 heavy (non-hydrogen) atoms. The fourth-order valence-corrected chi connectivity index (χ4v) is 2.00. The van der Waals surface area contributed by atoms with Crippen LogP contribution in [0.25, 0.3) is 0 Å². The van der Waals surface area contributed by atoms with Gasteiger partial charge in [0.1, 0.15) is 5.75 Å². The monoisotopic (exact) mass is 230 g/mol. The van der Waals surface area contributed by atoms with Gasteiger partial charge in [0.05, 0.1) is 11.1 Å². The van der Waals surface area contributed by atoms with E-state index in [9.17, 15) is 19.5 Å². The Kier molecular flexibility index (Phi) is 2.42. The normalized spacial score (nSPS) is 14.9. The van der Waals surface area contributed by atoms with E-state index in [1.165, 1.54) is 32.0 Å². The maximum atomic E-state index is 12.0. The molecule has 0 fully saturated rings. The van der Waals surface area contributed by atoms with Crippen molar-refractivity contribution in [1.82, 2.24) is 0 Å². The van der Waals surface area contributed by atoms with Crippen LogP contribution in [0.1, 0.15) is 34.6 Å². The Bertz CT molecular complexity index is 593. The number of Topliss-reactive ketones (excluding diaryl/α,β-unsaturated/α-hetero) is 3. The summed E-state index contributed by atoms with van der Waals surface area (Å²) in [5.74, 6) is -1.70. The molecule has 0 spiro atoms. The smallest absolute Gasteiger partial charge is 0.201 e. The number of hydrogen-bond acceptors (Lipinski definition) is 4. The van der Waals surface area contributed by atoms with Gasteiger partial charge in [-0.3, -0.25) is 14.4 Å². The van der Waals surface area contributed by atoms with Crippen molar-refractivity contribution < 1.29 is 19.5 Å². The third-order valence-corrected chi connectivity index (χ3v) is 2.81. The lowest BCUT2D eigenvalue weighted by Gasteiger charge is -2.17. The number of rotatable bonds is 1. The van der Waals surface area contributed by atoms with E-state index in [0.717, 1.165) is 0 Å². The van der Waals surface area contributed by atoms with Crippen molar-refractivity contribution in [2.45, 2.75) is 13.8 Å². The minimum Gasteiger partial charge on any atom is -0.507 e. The number of carbonyl (C=O) groups excluding carboxylic acids is 3. The Morgan fingerprint density at radius 1 is 1.18 bits per heavy atom. The third kappa shape index (κ3) is 1.49. The Morgan fingerprint density at radius 3 is 2.41 bits per heavy atom. The van der Waals surface area contributed by atoms with Gasteiger partial charge in [0, 0.05) is 11.1 Å². The highest BCUT2D eigenvalue weighted by Crippen LogP contribution is 2.31. The molecule has 0 saturated heterocycles. The van der Waals surface area contributed by atoms with Gasteiger partial charge >= 0.3 is 0 Å². The standard InChI is InChI=1S/C13H10O4/c1-6-10(7(2)14)13(17)11-8(12(6)16)4-3-5-9(11)15/h3-5,15H,1-2H3. The molecule has 1 aromatic rings. The highest BCUT2D eigenvalue weighted by atomic mass is 16.3. The van der Waals surface area contributed by atoms with Crippen molar-refractivity contribution in [2.24, 2.45) is 0 Å². The maximum absolute atomic E-state index is 12.0. The largest absolute Gasteiger partial charge is 0.507 e. The number of allylic oxidation sites excluding steroid dienone is 2. The summed E-state index contributed by atoms with van der Waals surface area (Å²) in [6, 6.07) is 4.28. The summed E-state index contributed by atoms with van der Waals surface area (Å²) in [6.45, 7) is 2.68. The summed E-state index contributed by atoms with van der Waals surface area (Å²) in [6.07, 6.45) is 0. The minimum absolute atomic E-state index is 0.0756. The summed E-state index contributed by atoms with van der Waals surface area (Å²) in [7, 11) is 0. The predicted octanol–water partition coefficient (Wildman–Crippen LogP) is 1.68. The van der Waals surface area contributed by atoms with E-state index in [2.05, 4.69) is 0 Å². The lowest BCUT2D eigenvalue weighted by Crippen LogP contribution is -2.24. The number of carbonyl (C=O) groups is 3. The van der Waals surface area contributed by atoms with Crippen LogP contribution in [-0.2, 0) is 4.79 Å². The molecule has 0 aromatic heterocycles. The molecule has 0 heterocycles. The van der Waals surface area contributed by atoms with Crippen LogP contribution in [-0.4, -0.2) is 22.5 Å². The molecule has 2 rings (SSSR count). The molecule has 0 atom stereocenters. The van der Waals surface area contributed by atoms with Crippen LogP contribution < -0.4 is 0 Å². The van der Waals surface area contributed by atoms with Crippen LogP contribution in [0.15, 0.2) is 29.3 Å². The van der Waals surface area contributed by atoms with Gasteiger partial charge in [-0.15, -0.1) is 0 Å². The second-order valence-electron chi connectivity index (χ2n) is 3.91. The number of hydrogen-bond donors (Lipinski definition) is 1. The number of phenols is 1. The Balaban J connectivity index is 2.79. The zero-order valence-electron chi connectivity index (χ0n) is 9.40. The van der Waals surface area contributed by atoms with E-state index >= 15 is 0 Å². The molecule has 1 aromatic carbocycles. The summed E-state index contributed by atoms with van der Waals surface area (Å²) in [5, 5.41) is 9.62. The van der Waals surface area contributed by atoms with Gasteiger partial charge in [0.25, 0.3) is 0 Å². The lowest BCUT2D eigenvalue weighted by atomic mass is 9.83. The Labute approximate surface area is 97.6 Å². The van der Waals surface area contributed by atoms with E-state index < -0.39 is 11.6 Å². The summed E-state index contributed by atoms with van der Waals surface area (Å²) >= 11 is 0. The van der Waals surface area contributed by atoms with Crippen molar-refractivity contribution in [3.05, 3.63) is 40.5 Å². The van der Waals surface area contributed by atoms with Crippen LogP contribution >= 0.6 is 0 Å². The number of aromatic hydroxyl groups is 1. The first-order valence-corrected chi connectivity index (χ1v) is 5.08. The minimum atomic E-state index is -0.581. The van der Waals surface area contributed by atoms with Gasteiger partial charge in [-0.05, 0) is 19.9 Å². The van der Waals surface area contributed by atoms with E-state index in [1.807, 2.05) is 0 Å². The van der Waals surface area contributed by atoms with Crippen molar-refractivity contribution in [3.63, 3.8) is 0 Å². The molecule has 0 saturated carbocycles. The van der Waals surface area contributed by atoms with Gasteiger partial charge in [0.2, 0.25) is 5.78 Å². The number of ketones is 3. The summed E-state index contributed by atoms with van der Waals surface area (Å²) in [4.78, 5) is 35.4. The molecule has 0 radical (unpaired) electrons. The van der Waals surface area contributed by atoms with E-state index in [4.69, 9.17) is 0 Å². The SMILES string of the molecule is CC(=O)C1=C(C)C(=O)c2cccc(O)c2C1=O. The first-order chi connectivity index (χ1) is 7.95. The van der Waals surface area contributed by atoms with Crippen molar-refractivity contribution in [2.75, 3.05) is 0 Å². The second-order valence-corrected chi connectivity index (χ2v) is 3.91. The summed E-state index contributed by atoms with van der Waals surface area (Å²) in [5.41, 5.74) is 0.0791. The second kappa shape index (κ2) is 3.66. The fraction of sp³-hybridized carbons (Fsp3) is 0.154. The predicted molar refractivity (Wildman–Crippen MR) is 60.1 cm³/mol. The average molecular weight is 230 g/mol. The topological polar surface area (TPSA) is 71.4 Å². The zero-order chi connectivity index (χ0) is 12.7. The van der Waals surface area contributed by atoms with Crippen LogP contribution in [0, 0.1) is 0 Å². The van der Waals surface area contributed by atoms with Gasteiger partial charge in [-0.25, -0.2) is 0 Å². The quantitative estimate of drug-likeness (QED) is 0.745. The zero-order valence-corrected chi connectivity index (χ0v) is 9.40. The molecule has 86 valence electrons. The molecular formula is C13H10O4. The number of phenolic OH excluding ortho intramolecular Hbond substituents is 1. The molecule has 1 aliphatic rings. The van der Waals surface area contributed by atoms with Crippen LogP contribution in [0.2, 0.25) is 0 Å². The molecule has 4 heteroatoms. The van der Waals surface area contributed by atoms with Gasteiger partial charge < -0.3 is 5.11 Å². The molecule has 4 nitrogen and oxygen atoms in total. The van der Waals surface area contributed by atoms with E-state index in [-0.39, 0.29) is 33.8 Å². The molecule has 0 amide bonds. The van der Waals surface area contributed by atoms with Gasteiger partial charge in [0.15, 0.2) is 11.6 Å². The molecule has 0 unspecified atom stereocenters. The van der Waals surface area contributed by atoms with Gasteiger partial charge in [-0.1, -0.05) is 12.1 Å². The maximum Gasteiger partial charge on any atom is 0.201 e. The first kappa shape index (κ1) is 11.3. The highest BCUT2D eigenvalue weighted by Gasteiger charge is 2.33. The van der Waals surface area contributed by atoms with Crippen LogP contribution in [0.3, 0.4) is 0 Å². The average Bonchev–Trinajstić information content (AvgIpc) is 2.25. The molecule has 1 N–H and O–H groups in total. The fourth-order valence-electron chi connectivity index (χ4n) is 2.00.